The van der Waals surface area contributed by atoms with Crippen molar-refractivity contribution in [3.63, 3.8) is 0 Å². The van der Waals surface area contributed by atoms with Gasteiger partial charge in [0.25, 0.3) is 0 Å². The molecule has 1 N–H and O–H groups in total. The van der Waals surface area contributed by atoms with E-state index in [1.165, 1.54) is 10.4 Å². The van der Waals surface area contributed by atoms with Crippen LogP contribution in [0.25, 0.3) is 10.4 Å². The molecular formula is C11H9BrOS. The molecule has 3 heteroatoms. The largest absolute Gasteiger partial charge is 0.392 e. The van der Waals surface area contributed by atoms with Crippen molar-refractivity contribution in [2.45, 2.75) is 6.61 Å². The van der Waals surface area contributed by atoms with Gasteiger partial charge in [0.05, 0.1) is 6.61 Å². The second kappa shape index (κ2) is 4.26. The Morgan fingerprint density at radius 3 is 2.36 bits per heavy atom. The number of benzene rings is 1. The van der Waals surface area contributed by atoms with Crippen LogP contribution in [0.5, 0.6) is 0 Å². The van der Waals surface area contributed by atoms with Crippen molar-refractivity contribution in [1.29, 1.82) is 0 Å². The highest BCUT2D eigenvalue weighted by Gasteiger charge is 2.03. The Morgan fingerprint density at radius 2 is 1.86 bits per heavy atom. The molecule has 0 amide bonds. The third-order valence-corrected chi connectivity index (χ3v) is 3.90. The maximum absolute atomic E-state index is 8.91. The molecule has 0 aliphatic carbocycles. The van der Waals surface area contributed by atoms with Crippen LogP contribution in [0, 0.1) is 0 Å². The highest BCUT2D eigenvalue weighted by molar-refractivity contribution is 9.10. The van der Waals surface area contributed by atoms with Crippen molar-refractivity contribution in [2.24, 2.45) is 0 Å². The van der Waals surface area contributed by atoms with Crippen molar-refractivity contribution in [3.8, 4) is 10.4 Å². The zero-order valence-corrected chi connectivity index (χ0v) is 9.81. The normalized spacial score (nSPS) is 10.4. The molecule has 0 bridgehead atoms. The molecule has 0 unspecified atom stereocenters. The fourth-order valence-corrected chi connectivity index (χ4v) is 2.87. The average molecular weight is 269 g/mol. The quantitative estimate of drug-likeness (QED) is 0.881. The van der Waals surface area contributed by atoms with Crippen LogP contribution in [0.2, 0.25) is 0 Å². The molecule has 0 saturated carbocycles. The summed E-state index contributed by atoms with van der Waals surface area (Å²) in [5.74, 6) is 0. The highest BCUT2D eigenvalue weighted by atomic mass is 79.9. The fraction of sp³-hybridized carbons (Fsp3) is 0.0909. The molecule has 0 atom stereocenters. The average Bonchev–Trinajstić information content (AvgIpc) is 2.65. The first-order valence-electron chi connectivity index (χ1n) is 4.24. The van der Waals surface area contributed by atoms with Crippen molar-refractivity contribution in [3.05, 3.63) is 45.7 Å². The van der Waals surface area contributed by atoms with Gasteiger partial charge in [0.1, 0.15) is 0 Å². The summed E-state index contributed by atoms with van der Waals surface area (Å²) in [5, 5.41) is 11.0. The molecule has 1 aromatic carbocycles. The van der Waals surface area contributed by atoms with Gasteiger partial charge in [-0.05, 0) is 38.5 Å². The van der Waals surface area contributed by atoms with Crippen LogP contribution in [-0.4, -0.2) is 5.11 Å². The number of thiophene rings is 1. The Hall–Kier alpha value is -0.640. The first kappa shape index (κ1) is 9.90. The van der Waals surface area contributed by atoms with Gasteiger partial charge in [-0.2, -0.15) is 0 Å². The van der Waals surface area contributed by atoms with Gasteiger partial charge in [0, 0.05) is 9.35 Å². The van der Waals surface area contributed by atoms with E-state index in [-0.39, 0.29) is 6.61 Å². The summed E-state index contributed by atoms with van der Waals surface area (Å²) < 4.78 is 1.12. The van der Waals surface area contributed by atoms with E-state index in [0.717, 1.165) is 10.0 Å². The van der Waals surface area contributed by atoms with Gasteiger partial charge < -0.3 is 5.11 Å². The topological polar surface area (TPSA) is 20.2 Å². The number of hydrogen-bond donors (Lipinski definition) is 1. The predicted octanol–water partition coefficient (Wildman–Crippen LogP) is 3.67. The van der Waals surface area contributed by atoms with E-state index in [1.54, 1.807) is 11.3 Å². The van der Waals surface area contributed by atoms with E-state index in [9.17, 15) is 0 Å². The van der Waals surface area contributed by atoms with Gasteiger partial charge in [-0.15, -0.1) is 11.3 Å². The van der Waals surface area contributed by atoms with Crippen molar-refractivity contribution in [2.75, 3.05) is 0 Å². The zero-order chi connectivity index (χ0) is 9.97. The van der Waals surface area contributed by atoms with Crippen LogP contribution in [0.15, 0.2) is 40.2 Å². The van der Waals surface area contributed by atoms with E-state index < -0.39 is 0 Å². The first-order valence-corrected chi connectivity index (χ1v) is 5.91. The Kier molecular flexibility index (Phi) is 3.01. The molecule has 14 heavy (non-hydrogen) atoms. The van der Waals surface area contributed by atoms with Crippen LogP contribution in [0.1, 0.15) is 5.56 Å². The molecule has 1 heterocycles. The lowest BCUT2D eigenvalue weighted by molar-refractivity contribution is 0.282. The molecule has 72 valence electrons. The molecule has 0 aliphatic heterocycles. The summed E-state index contributed by atoms with van der Waals surface area (Å²) in [6, 6.07) is 9.99. The number of hydrogen-bond acceptors (Lipinski definition) is 2. The SMILES string of the molecule is OCc1ccc(-c2sccc2Br)cc1. The number of aliphatic hydroxyl groups excluding tert-OH is 1. The summed E-state index contributed by atoms with van der Waals surface area (Å²) in [6.07, 6.45) is 0. The monoisotopic (exact) mass is 268 g/mol. The second-order valence-corrected chi connectivity index (χ2v) is 4.72. The lowest BCUT2D eigenvalue weighted by atomic mass is 10.1. The maximum atomic E-state index is 8.91. The van der Waals surface area contributed by atoms with E-state index in [2.05, 4.69) is 21.3 Å². The van der Waals surface area contributed by atoms with Crippen LogP contribution < -0.4 is 0 Å². The third-order valence-electron chi connectivity index (χ3n) is 2.02. The summed E-state index contributed by atoms with van der Waals surface area (Å²) in [6.45, 7) is 0.103. The standard InChI is InChI=1S/C11H9BrOS/c12-10-5-6-14-11(10)9-3-1-8(7-13)2-4-9/h1-6,13H,7H2. The molecule has 1 aromatic heterocycles. The van der Waals surface area contributed by atoms with Crippen LogP contribution in [0.3, 0.4) is 0 Å². The molecular weight excluding hydrogens is 260 g/mol. The molecule has 0 fully saturated rings. The second-order valence-electron chi connectivity index (χ2n) is 2.95. The fourth-order valence-electron chi connectivity index (χ4n) is 1.26. The minimum absolute atomic E-state index is 0.103. The molecule has 0 saturated heterocycles. The van der Waals surface area contributed by atoms with Crippen molar-refractivity contribution in [1.82, 2.24) is 0 Å². The van der Waals surface area contributed by atoms with Gasteiger partial charge in [0.2, 0.25) is 0 Å². The number of aliphatic hydroxyl groups is 1. The van der Waals surface area contributed by atoms with Crippen LogP contribution >= 0.6 is 27.3 Å². The molecule has 0 spiro atoms. The molecule has 2 aromatic rings. The Labute approximate surface area is 95.2 Å². The minimum atomic E-state index is 0.103. The Balaban J connectivity index is 2.39. The van der Waals surface area contributed by atoms with Gasteiger partial charge in [-0.25, -0.2) is 0 Å². The lowest BCUT2D eigenvalue weighted by Gasteiger charge is -2.00. The molecule has 1 nitrogen and oxygen atoms in total. The smallest absolute Gasteiger partial charge is 0.0681 e. The number of rotatable bonds is 2. The van der Waals surface area contributed by atoms with Gasteiger partial charge in [-0.3, -0.25) is 0 Å². The molecule has 2 rings (SSSR count). The van der Waals surface area contributed by atoms with E-state index in [0.29, 0.717) is 0 Å². The van der Waals surface area contributed by atoms with E-state index in [4.69, 9.17) is 5.11 Å². The van der Waals surface area contributed by atoms with Crippen LogP contribution in [-0.2, 0) is 6.61 Å². The minimum Gasteiger partial charge on any atom is -0.392 e. The van der Waals surface area contributed by atoms with E-state index >= 15 is 0 Å². The third kappa shape index (κ3) is 1.90. The highest BCUT2D eigenvalue weighted by Crippen LogP contribution is 2.33. The van der Waals surface area contributed by atoms with E-state index in [1.807, 2.05) is 30.3 Å². The van der Waals surface area contributed by atoms with Crippen molar-refractivity contribution < 1.29 is 5.11 Å². The predicted molar refractivity (Wildman–Crippen MR) is 63.4 cm³/mol. The van der Waals surface area contributed by atoms with Gasteiger partial charge >= 0.3 is 0 Å². The number of halogens is 1. The summed E-state index contributed by atoms with van der Waals surface area (Å²) >= 11 is 5.21. The van der Waals surface area contributed by atoms with Crippen molar-refractivity contribution >= 4 is 27.3 Å². The van der Waals surface area contributed by atoms with Crippen LogP contribution in [0.4, 0.5) is 0 Å². The molecule has 0 radical (unpaired) electrons. The summed E-state index contributed by atoms with van der Waals surface area (Å²) in [7, 11) is 0. The summed E-state index contributed by atoms with van der Waals surface area (Å²) in [4.78, 5) is 1.23. The van der Waals surface area contributed by atoms with Gasteiger partial charge in [0.15, 0.2) is 0 Å². The first-order chi connectivity index (χ1) is 6.81. The Morgan fingerprint density at radius 1 is 1.14 bits per heavy atom. The summed E-state index contributed by atoms with van der Waals surface area (Å²) in [5.41, 5.74) is 2.13. The Bertz CT molecular complexity index is 419. The lowest BCUT2D eigenvalue weighted by Crippen LogP contribution is -1.81. The van der Waals surface area contributed by atoms with Gasteiger partial charge in [-0.1, -0.05) is 24.3 Å². The zero-order valence-electron chi connectivity index (χ0n) is 7.40. The molecule has 0 aliphatic rings. The maximum Gasteiger partial charge on any atom is 0.0681 e.